The van der Waals surface area contributed by atoms with Gasteiger partial charge in [0.15, 0.2) is 0 Å². The Kier molecular flexibility index (Phi) is 6.55. The zero-order chi connectivity index (χ0) is 17.4. The van der Waals surface area contributed by atoms with Crippen molar-refractivity contribution in [3.05, 3.63) is 71.8 Å². The number of benzene rings is 2. The van der Waals surface area contributed by atoms with Gasteiger partial charge in [-0.15, -0.1) is 0 Å². The molecule has 2 rings (SSSR count). The summed E-state index contributed by atoms with van der Waals surface area (Å²) in [5.41, 5.74) is 1.73. The predicted molar refractivity (Wildman–Crippen MR) is 95.7 cm³/mol. The fourth-order valence-corrected chi connectivity index (χ4v) is 2.43. The highest BCUT2D eigenvalue weighted by atomic mass is 16.2. The monoisotopic (exact) mass is 324 g/mol. The molecule has 0 aliphatic carbocycles. The lowest BCUT2D eigenvalue weighted by atomic mass is 10.0. The van der Waals surface area contributed by atoms with Crippen LogP contribution in [0.4, 0.5) is 0 Å². The van der Waals surface area contributed by atoms with Crippen molar-refractivity contribution in [2.45, 2.75) is 26.3 Å². The average molecular weight is 324 g/mol. The van der Waals surface area contributed by atoms with Crippen LogP contribution in [-0.4, -0.2) is 24.4 Å². The van der Waals surface area contributed by atoms with Gasteiger partial charge in [-0.25, -0.2) is 0 Å². The van der Waals surface area contributed by atoms with Gasteiger partial charge in [-0.05, 0) is 30.0 Å². The minimum absolute atomic E-state index is 0.00869. The Morgan fingerprint density at radius 2 is 1.50 bits per heavy atom. The number of hydrogen-bond donors (Lipinski definition) is 2. The number of amides is 2. The quantitative estimate of drug-likeness (QED) is 0.823. The summed E-state index contributed by atoms with van der Waals surface area (Å²) in [6.07, 6.45) is 0.768. The molecule has 2 amide bonds. The van der Waals surface area contributed by atoms with Crippen molar-refractivity contribution in [1.82, 2.24) is 10.6 Å². The van der Waals surface area contributed by atoms with Crippen LogP contribution in [0.1, 0.15) is 29.8 Å². The first-order valence-electron chi connectivity index (χ1n) is 8.25. The lowest BCUT2D eigenvalue weighted by Crippen LogP contribution is -2.50. The molecule has 0 fully saturated rings. The van der Waals surface area contributed by atoms with Crippen molar-refractivity contribution in [3.8, 4) is 0 Å². The average Bonchev–Trinajstić information content (AvgIpc) is 2.60. The van der Waals surface area contributed by atoms with Gasteiger partial charge < -0.3 is 10.6 Å². The fourth-order valence-electron chi connectivity index (χ4n) is 2.43. The third-order valence-corrected chi connectivity index (χ3v) is 3.83. The van der Waals surface area contributed by atoms with Gasteiger partial charge >= 0.3 is 0 Å². The SMILES string of the molecule is CC(C)[C@H](NC(=O)c1ccccc1)C(=O)NCCc1ccccc1. The molecule has 0 unspecified atom stereocenters. The van der Waals surface area contributed by atoms with E-state index in [9.17, 15) is 9.59 Å². The Balaban J connectivity index is 1.89. The number of nitrogens with one attached hydrogen (secondary N) is 2. The van der Waals surface area contributed by atoms with Crippen molar-refractivity contribution < 1.29 is 9.59 Å². The largest absolute Gasteiger partial charge is 0.354 e. The van der Waals surface area contributed by atoms with Gasteiger partial charge in [-0.1, -0.05) is 62.4 Å². The highest BCUT2D eigenvalue weighted by molar-refractivity contribution is 5.97. The smallest absolute Gasteiger partial charge is 0.251 e. The molecule has 0 spiro atoms. The van der Waals surface area contributed by atoms with E-state index in [-0.39, 0.29) is 17.7 Å². The topological polar surface area (TPSA) is 58.2 Å². The van der Waals surface area contributed by atoms with E-state index < -0.39 is 6.04 Å². The molecule has 2 aromatic rings. The Labute approximate surface area is 143 Å². The summed E-state index contributed by atoms with van der Waals surface area (Å²) in [5.74, 6) is -0.368. The molecule has 0 aliphatic heterocycles. The molecule has 126 valence electrons. The zero-order valence-corrected chi connectivity index (χ0v) is 14.2. The molecule has 4 nitrogen and oxygen atoms in total. The molecule has 1 atom stereocenters. The van der Waals surface area contributed by atoms with Gasteiger partial charge in [0.25, 0.3) is 5.91 Å². The first-order chi connectivity index (χ1) is 11.6. The molecule has 0 bridgehead atoms. The number of hydrogen-bond acceptors (Lipinski definition) is 2. The van der Waals surface area contributed by atoms with E-state index in [2.05, 4.69) is 10.6 Å². The van der Waals surface area contributed by atoms with Crippen molar-refractivity contribution in [2.24, 2.45) is 5.92 Å². The second kappa shape index (κ2) is 8.87. The van der Waals surface area contributed by atoms with Crippen molar-refractivity contribution in [3.63, 3.8) is 0 Å². The first kappa shape index (κ1) is 17.7. The third kappa shape index (κ3) is 5.23. The summed E-state index contributed by atoms with van der Waals surface area (Å²) in [6, 6.07) is 18.4. The molecule has 0 aromatic heterocycles. The highest BCUT2D eigenvalue weighted by Gasteiger charge is 2.24. The zero-order valence-electron chi connectivity index (χ0n) is 14.2. The van der Waals surface area contributed by atoms with E-state index in [4.69, 9.17) is 0 Å². The maximum Gasteiger partial charge on any atom is 0.251 e. The molecule has 0 radical (unpaired) electrons. The predicted octanol–water partition coefficient (Wildman–Crippen LogP) is 2.80. The normalized spacial score (nSPS) is 11.8. The summed E-state index contributed by atoms with van der Waals surface area (Å²) in [6.45, 7) is 4.40. The number of rotatable bonds is 7. The highest BCUT2D eigenvalue weighted by Crippen LogP contribution is 2.06. The summed E-state index contributed by atoms with van der Waals surface area (Å²) in [5, 5.41) is 5.75. The molecule has 24 heavy (non-hydrogen) atoms. The lowest BCUT2D eigenvalue weighted by Gasteiger charge is -2.21. The number of carbonyl (C=O) groups is 2. The standard InChI is InChI=1S/C20H24N2O2/c1-15(2)18(22-19(23)17-11-7-4-8-12-17)20(24)21-14-13-16-9-5-3-6-10-16/h3-12,15,18H,13-14H2,1-2H3,(H,21,24)(H,22,23)/t18-/m0/s1. The van der Waals surface area contributed by atoms with E-state index in [0.717, 1.165) is 6.42 Å². The van der Waals surface area contributed by atoms with Gasteiger partial charge in [0.1, 0.15) is 6.04 Å². The first-order valence-corrected chi connectivity index (χ1v) is 8.25. The van der Waals surface area contributed by atoms with Crippen molar-refractivity contribution in [2.75, 3.05) is 6.54 Å². The molecular weight excluding hydrogens is 300 g/mol. The maximum atomic E-state index is 12.4. The van der Waals surface area contributed by atoms with Crippen LogP contribution < -0.4 is 10.6 Å². The van der Waals surface area contributed by atoms with Crippen molar-refractivity contribution >= 4 is 11.8 Å². The van der Waals surface area contributed by atoms with E-state index >= 15 is 0 Å². The summed E-state index contributed by atoms with van der Waals surface area (Å²) in [4.78, 5) is 24.7. The molecule has 0 aliphatic rings. The van der Waals surface area contributed by atoms with Crippen molar-refractivity contribution in [1.29, 1.82) is 0 Å². The Morgan fingerprint density at radius 1 is 0.917 bits per heavy atom. The van der Waals surface area contributed by atoms with Crippen LogP contribution in [-0.2, 0) is 11.2 Å². The molecule has 4 heteroatoms. The van der Waals surface area contributed by atoms with Crippen LogP contribution >= 0.6 is 0 Å². The van der Waals surface area contributed by atoms with E-state index in [1.165, 1.54) is 5.56 Å². The van der Waals surface area contributed by atoms with E-state index in [1.54, 1.807) is 24.3 Å². The Morgan fingerprint density at radius 3 is 2.08 bits per heavy atom. The second-order valence-electron chi connectivity index (χ2n) is 6.09. The van der Waals surface area contributed by atoms with Gasteiger partial charge in [-0.3, -0.25) is 9.59 Å². The molecule has 0 saturated heterocycles. The van der Waals surface area contributed by atoms with Crippen LogP contribution in [0.15, 0.2) is 60.7 Å². The third-order valence-electron chi connectivity index (χ3n) is 3.83. The molecule has 0 heterocycles. The molecule has 2 N–H and O–H groups in total. The second-order valence-corrected chi connectivity index (χ2v) is 6.09. The maximum absolute atomic E-state index is 12.4. The summed E-state index contributed by atoms with van der Waals surface area (Å²) in [7, 11) is 0. The van der Waals surface area contributed by atoms with Crippen LogP contribution in [0.25, 0.3) is 0 Å². The minimum atomic E-state index is -0.548. The van der Waals surface area contributed by atoms with Gasteiger partial charge in [0, 0.05) is 12.1 Å². The summed E-state index contributed by atoms with van der Waals surface area (Å²) >= 11 is 0. The lowest BCUT2D eigenvalue weighted by molar-refractivity contribution is -0.123. The van der Waals surface area contributed by atoms with Crippen LogP contribution in [0, 0.1) is 5.92 Å². The van der Waals surface area contributed by atoms with Crippen LogP contribution in [0.5, 0.6) is 0 Å². The van der Waals surface area contributed by atoms with Gasteiger partial charge in [-0.2, -0.15) is 0 Å². The van der Waals surface area contributed by atoms with E-state index in [0.29, 0.717) is 12.1 Å². The molecule has 2 aromatic carbocycles. The van der Waals surface area contributed by atoms with Crippen LogP contribution in [0.2, 0.25) is 0 Å². The number of carbonyl (C=O) groups excluding carboxylic acids is 2. The van der Waals surface area contributed by atoms with E-state index in [1.807, 2.05) is 50.2 Å². The van der Waals surface area contributed by atoms with Gasteiger partial charge in [0.05, 0.1) is 0 Å². The minimum Gasteiger partial charge on any atom is -0.354 e. The fraction of sp³-hybridized carbons (Fsp3) is 0.300. The molecular formula is C20H24N2O2. The molecule has 0 saturated carbocycles. The Hall–Kier alpha value is -2.62. The summed E-state index contributed by atoms with van der Waals surface area (Å²) < 4.78 is 0. The van der Waals surface area contributed by atoms with Gasteiger partial charge in [0.2, 0.25) is 5.91 Å². The van der Waals surface area contributed by atoms with Crippen LogP contribution in [0.3, 0.4) is 0 Å². The Bertz CT molecular complexity index is 654.